The Labute approximate surface area is 219 Å². The normalized spacial score (nSPS) is 15.8. The third-order valence-corrected chi connectivity index (χ3v) is 7.20. The minimum atomic E-state index is -0.431. The fourth-order valence-electron chi connectivity index (χ4n) is 5.36. The highest BCUT2D eigenvalue weighted by molar-refractivity contribution is 5.95. The van der Waals surface area contributed by atoms with E-state index in [-0.39, 0.29) is 23.6 Å². The van der Waals surface area contributed by atoms with Crippen molar-refractivity contribution in [2.24, 2.45) is 5.10 Å². The first kappa shape index (κ1) is 25.1. The van der Waals surface area contributed by atoms with Crippen molar-refractivity contribution in [3.05, 3.63) is 92.6 Å². The summed E-state index contributed by atoms with van der Waals surface area (Å²) < 4.78 is 1.80. The Morgan fingerprint density at radius 2 is 1.76 bits per heavy atom. The predicted octanol–water partition coefficient (Wildman–Crippen LogP) is 4.98. The largest absolute Gasteiger partial charge is 0.368 e. The summed E-state index contributed by atoms with van der Waals surface area (Å²) in [4.78, 5) is 39.2. The van der Waals surface area contributed by atoms with Gasteiger partial charge < -0.3 is 9.47 Å². The van der Waals surface area contributed by atoms with Crippen molar-refractivity contribution in [3.8, 4) is 0 Å². The molecule has 0 spiro atoms. The number of pyridine rings is 1. The third kappa shape index (κ3) is 4.87. The number of nitro groups is 1. The number of aromatic nitrogens is 1. The number of hydrazone groups is 1. The number of fused-ring (bicyclic) bond motifs is 2. The molecule has 1 fully saturated rings. The van der Waals surface area contributed by atoms with Crippen molar-refractivity contribution in [2.45, 2.75) is 45.2 Å². The second kappa shape index (κ2) is 10.8. The minimum absolute atomic E-state index is 0.0298. The van der Waals surface area contributed by atoms with Crippen LogP contribution in [-0.2, 0) is 11.3 Å². The van der Waals surface area contributed by atoms with E-state index >= 15 is 0 Å². The van der Waals surface area contributed by atoms with Crippen LogP contribution in [0.25, 0.3) is 21.8 Å². The van der Waals surface area contributed by atoms with E-state index < -0.39 is 4.92 Å². The Hall–Kier alpha value is -4.53. The van der Waals surface area contributed by atoms with Crippen LogP contribution >= 0.6 is 0 Å². The predicted molar refractivity (Wildman–Crippen MR) is 150 cm³/mol. The van der Waals surface area contributed by atoms with E-state index in [1.807, 2.05) is 24.3 Å². The molecule has 3 aromatic carbocycles. The zero-order valence-electron chi connectivity index (χ0n) is 21.2. The van der Waals surface area contributed by atoms with E-state index in [0.717, 1.165) is 37.9 Å². The zero-order chi connectivity index (χ0) is 26.6. The van der Waals surface area contributed by atoms with E-state index in [1.54, 1.807) is 34.9 Å². The number of carbonyl (C=O) groups is 1. The molecule has 4 aromatic rings. The van der Waals surface area contributed by atoms with Gasteiger partial charge in [0.25, 0.3) is 11.6 Å². The summed E-state index contributed by atoms with van der Waals surface area (Å²) in [5, 5.41) is 16.7. The SMILES string of the molecule is CC[C@@H]1CCCCN1c1ccc([N+](=O)[O-])cc1C=NNC(=O)Cn1c2ccccc2c(=O)c2ccccc21. The van der Waals surface area contributed by atoms with Gasteiger partial charge in [0.15, 0.2) is 5.43 Å². The molecule has 0 bridgehead atoms. The van der Waals surface area contributed by atoms with Gasteiger partial charge in [0.05, 0.1) is 22.2 Å². The number of carbonyl (C=O) groups excluding carboxylic acids is 1. The van der Waals surface area contributed by atoms with Crippen LogP contribution in [0.1, 0.15) is 38.2 Å². The Bertz CT molecular complexity index is 1550. The van der Waals surface area contributed by atoms with Crippen molar-refractivity contribution < 1.29 is 9.72 Å². The second-order valence-corrected chi connectivity index (χ2v) is 9.49. The van der Waals surface area contributed by atoms with Crippen LogP contribution in [0.3, 0.4) is 0 Å². The van der Waals surface area contributed by atoms with E-state index in [0.29, 0.717) is 33.4 Å². The highest BCUT2D eigenvalue weighted by Gasteiger charge is 2.24. The highest BCUT2D eigenvalue weighted by Crippen LogP contribution is 2.31. The van der Waals surface area contributed by atoms with Crippen LogP contribution in [0, 0.1) is 10.1 Å². The van der Waals surface area contributed by atoms with E-state index in [2.05, 4.69) is 22.4 Å². The number of amides is 1. The van der Waals surface area contributed by atoms with Gasteiger partial charge >= 0.3 is 0 Å². The van der Waals surface area contributed by atoms with Crippen molar-refractivity contribution in [1.29, 1.82) is 0 Å². The van der Waals surface area contributed by atoms with Crippen molar-refractivity contribution >= 4 is 45.3 Å². The van der Waals surface area contributed by atoms with Crippen LogP contribution in [0.5, 0.6) is 0 Å². The molecule has 1 saturated heterocycles. The van der Waals surface area contributed by atoms with Crippen molar-refractivity contribution in [2.75, 3.05) is 11.4 Å². The van der Waals surface area contributed by atoms with Gasteiger partial charge in [-0.05, 0) is 56.0 Å². The van der Waals surface area contributed by atoms with Gasteiger partial charge in [0.2, 0.25) is 0 Å². The summed E-state index contributed by atoms with van der Waals surface area (Å²) in [7, 11) is 0. The molecular weight excluding hydrogens is 482 g/mol. The molecule has 1 N–H and O–H groups in total. The molecule has 1 amide bonds. The first-order valence-electron chi connectivity index (χ1n) is 12.8. The van der Waals surface area contributed by atoms with Gasteiger partial charge in [-0.25, -0.2) is 5.43 Å². The molecule has 9 heteroatoms. The second-order valence-electron chi connectivity index (χ2n) is 9.49. The van der Waals surface area contributed by atoms with Crippen LogP contribution in [0.2, 0.25) is 0 Å². The van der Waals surface area contributed by atoms with Crippen LogP contribution in [-0.4, -0.2) is 34.2 Å². The molecule has 0 radical (unpaired) electrons. The average molecular weight is 512 g/mol. The number of non-ortho nitro benzene ring substituents is 1. The molecule has 38 heavy (non-hydrogen) atoms. The number of hydrogen-bond acceptors (Lipinski definition) is 6. The summed E-state index contributed by atoms with van der Waals surface area (Å²) in [6.07, 6.45) is 5.74. The van der Waals surface area contributed by atoms with E-state index in [9.17, 15) is 19.7 Å². The van der Waals surface area contributed by atoms with Crippen LogP contribution < -0.4 is 15.8 Å². The Kier molecular flexibility index (Phi) is 7.17. The number of para-hydroxylation sites is 2. The number of nitro benzene ring substituents is 1. The minimum Gasteiger partial charge on any atom is -0.368 e. The Morgan fingerprint density at radius 1 is 1.08 bits per heavy atom. The van der Waals surface area contributed by atoms with E-state index in [1.165, 1.54) is 18.3 Å². The standard InChI is InChI=1S/C29H29N5O4/c1-2-21-9-7-8-16-32(21)25-15-14-22(34(37)38)17-20(25)18-30-31-28(35)19-33-26-12-5-3-10-23(26)29(36)24-11-4-6-13-27(24)33/h3-6,10-15,17-18,21H,2,7-9,16,19H2,1H3,(H,31,35)/t21-/m1/s1. The summed E-state index contributed by atoms with van der Waals surface area (Å²) in [6, 6.07) is 19.5. The lowest BCUT2D eigenvalue weighted by atomic mass is 9.98. The molecule has 0 aliphatic carbocycles. The Balaban J connectivity index is 1.43. The topological polar surface area (TPSA) is 110 Å². The number of hydrogen-bond donors (Lipinski definition) is 1. The zero-order valence-corrected chi connectivity index (χ0v) is 21.2. The fourth-order valence-corrected chi connectivity index (χ4v) is 5.36. The highest BCUT2D eigenvalue weighted by atomic mass is 16.6. The third-order valence-electron chi connectivity index (χ3n) is 7.20. The molecule has 194 valence electrons. The summed E-state index contributed by atoms with van der Waals surface area (Å²) >= 11 is 0. The maximum Gasteiger partial charge on any atom is 0.270 e. The van der Waals surface area contributed by atoms with Gasteiger partial charge in [0.1, 0.15) is 6.54 Å². The molecule has 5 rings (SSSR count). The first-order valence-corrected chi connectivity index (χ1v) is 12.8. The molecule has 1 aliphatic rings. The number of benzene rings is 3. The average Bonchev–Trinajstić information content (AvgIpc) is 2.95. The smallest absolute Gasteiger partial charge is 0.270 e. The number of piperidine rings is 1. The van der Waals surface area contributed by atoms with Gasteiger partial charge in [-0.3, -0.25) is 19.7 Å². The monoisotopic (exact) mass is 511 g/mol. The lowest BCUT2D eigenvalue weighted by molar-refractivity contribution is -0.384. The van der Waals surface area contributed by atoms with Crippen LogP contribution in [0.4, 0.5) is 11.4 Å². The molecule has 0 unspecified atom stereocenters. The van der Waals surface area contributed by atoms with Gasteiger partial charge in [0, 0.05) is 46.7 Å². The molecular formula is C29H29N5O4. The number of nitrogens with one attached hydrogen (secondary N) is 1. The molecule has 1 atom stereocenters. The van der Waals surface area contributed by atoms with Crippen molar-refractivity contribution in [1.82, 2.24) is 9.99 Å². The molecule has 1 aromatic heterocycles. The van der Waals surface area contributed by atoms with Gasteiger partial charge in [-0.1, -0.05) is 31.2 Å². The van der Waals surface area contributed by atoms with E-state index in [4.69, 9.17) is 0 Å². The first-order chi connectivity index (χ1) is 18.5. The Morgan fingerprint density at radius 3 is 2.42 bits per heavy atom. The van der Waals surface area contributed by atoms with Crippen molar-refractivity contribution in [3.63, 3.8) is 0 Å². The molecule has 1 aliphatic heterocycles. The quantitative estimate of drug-likeness (QED) is 0.163. The fraction of sp³-hybridized carbons (Fsp3) is 0.276. The lowest BCUT2D eigenvalue weighted by Gasteiger charge is -2.38. The summed E-state index contributed by atoms with van der Waals surface area (Å²) in [5.74, 6) is -0.378. The number of nitrogens with zero attached hydrogens (tertiary/aromatic N) is 4. The van der Waals surface area contributed by atoms with Gasteiger partial charge in [-0.2, -0.15) is 5.10 Å². The summed E-state index contributed by atoms with van der Waals surface area (Å²) in [5.41, 5.74) is 5.24. The van der Waals surface area contributed by atoms with Crippen LogP contribution in [0.15, 0.2) is 76.6 Å². The maximum absolute atomic E-state index is 13.0. The maximum atomic E-state index is 13.0. The number of anilines is 1. The lowest BCUT2D eigenvalue weighted by Crippen LogP contribution is -2.39. The number of rotatable bonds is 7. The molecule has 9 nitrogen and oxygen atoms in total. The summed E-state index contributed by atoms with van der Waals surface area (Å²) in [6.45, 7) is 2.97. The molecule has 0 saturated carbocycles. The molecule has 2 heterocycles. The van der Waals surface area contributed by atoms with Gasteiger partial charge in [-0.15, -0.1) is 0 Å².